The molecule has 1 amide bonds. The number of nitrogens with one attached hydrogen (secondary N) is 2. The summed E-state index contributed by atoms with van der Waals surface area (Å²) in [6, 6.07) is 1.57. The number of alkyl halides is 6. The van der Waals surface area contributed by atoms with Crippen molar-refractivity contribution in [3.63, 3.8) is 0 Å². The van der Waals surface area contributed by atoms with E-state index in [1.54, 1.807) is 0 Å². The number of carbonyl (C=O) groups is 1. The molecule has 15 heteroatoms. The first kappa shape index (κ1) is 27.0. The predicted octanol–water partition coefficient (Wildman–Crippen LogP) is 2.91. The van der Waals surface area contributed by atoms with Gasteiger partial charge in [0.05, 0.1) is 24.3 Å². The van der Waals surface area contributed by atoms with Crippen LogP contribution in [0.1, 0.15) is 25.0 Å². The maximum absolute atomic E-state index is 13.1. The smallest absolute Gasteiger partial charge is 0.378 e. The van der Waals surface area contributed by atoms with Crippen molar-refractivity contribution in [2.75, 3.05) is 19.8 Å². The molecule has 0 bridgehead atoms. The molecule has 2 saturated heterocycles. The van der Waals surface area contributed by atoms with Crippen LogP contribution in [-0.2, 0) is 26.6 Å². The third-order valence-electron chi connectivity index (χ3n) is 5.89. The molecule has 3 heterocycles. The highest BCUT2D eigenvalue weighted by Gasteiger charge is 2.42. The number of hydrogen-bond donors (Lipinski definition) is 2. The number of carbonyl (C=O) groups excluding carboxylic acids is 1. The van der Waals surface area contributed by atoms with Crippen LogP contribution < -0.4 is 10.9 Å². The van der Waals surface area contributed by atoms with Crippen molar-refractivity contribution < 1.29 is 40.6 Å². The highest BCUT2D eigenvalue weighted by atomic mass is 19.4. The molecule has 1 aromatic heterocycles. The Balaban J connectivity index is 1.32. The molecule has 2 fully saturated rings. The lowest BCUT2D eigenvalue weighted by atomic mass is 10.0. The van der Waals surface area contributed by atoms with Gasteiger partial charge >= 0.3 is 12.4 Å². The van der Waals surface area contributed by atoms with Gasteiger partial charge in [-0.3, -0.25) is 15.1 Å². The molecule has 4 rings (SSSR count). The summed E-state index contributed by atoms with van der Waals surface area (Å²) in [6.07, 6.45) is -7.22. The molecule has 0 spiro atoms. The van der Waals surface area contributed by atoms with Crippen LogP contribution in [-0.4, -0.2) is 69.7 Å². The van der Waals surface area contributed by atoms with E-state index >= 15 is 0 Å². The number of rotatable bonds is 7. The van der Waals surface area contributed by atoms with Gasteiger partial charge in [-0.15, -0.1) is 5.10 Å². The van der Waals surface area contributed by atoms with Crippen molar-refractivity contribution in [3.05, 3.63) is 41.7 Å². The highest BCUT2D eigenvalue weighted by molar-refractivity contribution is 5.89. The van der Waals surface area contributed by atoms with Gasteiger partial charge in [0, 0.05) is 36.5 Å². The lowest BCUT2D eigenvalue weighted by Gasteiger charge is -2.38. The fraction of sp³-hybridized carbons (Fsp3) is 0.500. The summed E-state index contributed by atoms with van der Waals surface area (Å²) in [5, 5.41) is 3.84. The molecule has 2 aromatic rings. The Kier molecular flexibility index (Phi) is 7.60. The quantitative estimate of drug-likeness (QED) is 0.244. The molecule has 2 aliphatic rings. The summed E-state index contributed by atoms with van der Waals surface area (Å²) in [4.78, 5) is 18.1. The lowest BCUT2D eigenvalue weighted by molar-refractivity contribution is -0.143. The van der Waals surface area contributed by atoms with Crippen molar-refractivity contribution in [2.45, 2.75) is 50.6 Å². The Morgan fingerprint density at radius 3 is 2.30 bits per heavy atom. The number of benzene rings is 1. The summed E-state index contributed by atoms with van der Waals surface area (Å²) in [7, 11) is 0. The molecule has 202 valence electrons. The van der Waals surface area contributed by atoms with Gasteiger partial charge in [-0.05, 0) is 32.0 Å². The molecular weight excluding hydrogens is 510 g/mol. The molecule has 2 N–H and O–H groups in total. The van der Waals surface area contributed by atoms with E-state index < -0.39 is 35.0 Å². The van der Waals surface area contributed by atoms with Crippen LogP contribution in [0.3, 0.4) is 0 Å². The molecule has 2 aliphatic heterocycles. The van der Waals surface area contributed by atoms with Crippen LogP contribution >= 0.6 is 0 Å². The molecule has 9 nitrogen and oxygen atoms in total. The largest absolute Gasteiger partial charge is 0.416 e. The number of morpholine rings is 1. The molecule has 4 atom stereocenters. The number of nitrogens with zero attached hydrogens (tertiary/aromatic N) is 4. The topological polar surface area (TPSA) is 96.8 Å². The highest BCUT2D eigenvalue weighted by Crippen LogP contribution is 2.38. The van der Waals surface area contributed by atoms with Crippen LogP contribution in [0.4, 0.5) is 26.3 Å². The van der Waals surface area contributed by atoms with Crippen molar-refractivity contribution in [2.24, 2.45) is 0 Å². The van der Waals surface area contributed by atoms with E-state index in [1.807, 2.05) is 0 Å². The first-order valence-corrected chi connectivity index (χ1v) is 11.2. The summed E-state index contributed by atoms with van der Waals surface area (Å²) >= 11 is 0. The maximum Gasteiger partial charge on any atom is 0.416 e. The van der Waals surface area contributed by atoms with Crippen molar-refractivity contribution >= 4 is 12.1 Å². The number of epoxide rings is 1. The minimum absolute atomic E-state index is 0.0218. The summed E-state index contributed by atoms with van der Waals surface area (Å²) in [5.74, 6) is -0.960. The van der Waals surface area contributed by atoms with Crippen molar-refractivity contribution in [1.29, 1.82) is 0 Å². The Morgan fingerprint density at radius 1 is 1.08 bits per heavy atom. The van der Waals surface area contributed by atoms with E-state index in [0.29, 0.717) is 31.9 Å². The second-order valence-corrected chi connectivity index (χ2v) is 8.82. The van der Waals surface area contributed by atoms with Gasteiger partial charge in [-0.25, -0.2) is 15.1 Å². The summed E-state index contributed by atoms with van der Waals surface area (Å²) in [5.41, 5.74) is 1.75. The second-order valence-electron chi connectivity index (χ2n) is 8.82. The van der Waals surface area contributed by atoms with Crippen LogP contribution in [0.2, 0.25) is 0 Å². The third-order valence-corrected chi connectivity index (χ3v) is 5.89. The summed E-state index contributed by atoms with van der Waals surface area (Å²) in [6.45, 7) is 6.06. The van der Waals surface area contributed by atoms with Gasteiger partial charge in [-0.1, -0.05) is 0 Å². The Bertz CT molecular complexity index is 1110. The lowest BCUT2D eigenvalue weighted by Crippen LogP contribution is -2.51. The van der Waals surface area contributed by atoms with E-state index in [0.717, 1.165) is 23.3 Å². The van der Waals surface area contributed by atoms with Crippen molar-refractivity contribution in [3.8, 4) is 11.4 Å². The standard InChI is InChI=1S/C22H24F6N6O3/c1-12-9-36-10-13(2)34(12)8-17-20(37-17)31-30-18(35)3-4-33-11-29-19(32-33)14-5-15(21(23,24)25)7-16(6-14)22(26,27)28/h3-7,11-13,17,20,31H,8-10H2,1-2H3,(H,30,35)/b4-3-. The zero-order chi connectivity index (χ0) is 27.0. The molecule has 4 unspecified atom stereocenters. The van der Waals surface area contributed by atoms with Crippen LogP contribution in [0.25, 0.3) is 17.6 Å². The zero-order valence-electron chi connectivity index (χ0n) is 19.7. The second kappa shape index (κ2) is 10.4. The molecular formula is C22H24F6N6O3. The third kappa shape index (κ3) is 6.85. The fourth-order valence-electron chi connectivity index (χ4n) is 3.90. The fourth-order valence-corrected chi connectivity index (χ4v) is 3.90. The average Bonchev–Trinajstić information content (AvgIpc) is 3.38. The first-order chi connectivity index (χ1) is 17.3. The van der Waals surface area contributed by atoms with Gasteiger partial charge in [0.15, 0.2) is 12.1 Å². The molecule has 0 aliphatic carbocycles. The van der Waals surface area contributed by atoms with E-state index in [4.69, 9.17) is 9.47 Å². The van der Waals surface area contributed by atoms with Crippen LogP contribution in [0.5, 0.6) is 0 Å². The van der Waals surface area contributed by atoms with Gasteiger partial charge in [-0.2, -0.15) is 26.3 Å². The summed E-state index contributed by atoms with van der Waals surface area (Å²) < 4.78 is 90.5. The number of halogens is 6. The van der Waals surface area contributed by atoms with Crippen LogP contribution in [0.15, 0.2) is 30.6 Å². The number of hydrogen-bond acceptors (Lipinski definition) is 7. The van der Waals surface area contributed by atoms with E-state index in [2.05, 4.69) is 39.7 Å². The number of ether oxygens (including phenoxy) is 2. The van der Waals surface area contributed by atoms with Gasteiger partial charge in [0.2, 0.25) is 0 Å². The Hall–Kier alpha value is -3.01. The molecule has 1 aromatic carbocycles. The minimum Gasteiger partial charge on any atom is -0.378 e. The van der Waals surface area contributed by atoms with Crippen LogP contribution in [0, 0.1) is 0 Å². The number of hydrazine groups is 1. The van der Waals surface area contributed by atoms with E-state index in [-0.39, 0.29) is 36.3 Å². The first-order valence-electron chi connectivity index (χ1n) is 11.2. The van der Waals surface area contributed by atoms with E-state index in [1.165, 1.54) is 0 Å². The number of amides is 1. The monoisotopic (exact) mass is 534 g/mol. The predicted molar refractivity (Wildman–Crippen MR) is 117 cm³/mol. The SMILES string of the molecule is CC1COCC(C)N1CC1OC1NNC(=O)/C=C\n1cnc(-c2cc(C(F)(F)F)cc(C(F)(F)F)c2)n1. The van der Waals surface area contributed by atoms with E-state index in [9.17, 15) is 31.1 Å². The normalized spacial score (nSPS) is 25.0. The zero-order valence-corrected chi connectivity index (χ0v) is 19.7. The van der Waals surface area contributed by atoms with Crippen molar-refractivity contribution in [1.82, 2.24) is 30.5 Å². The van der Waals surface area contributed by atoms with Gasteiger partial charge in [0.25, 0.3) is 5.91 Å². The average molecular weight is 534 g/mol. The van der Waals surface area contributed by atoms with Gasteiger partial charge in [0.1, 0.15) is 12.4 Å². The molecule has 0 radical (unpaired) electrons. The Labute approximate surface area is 207 Å². The number of aromatic nitrogens is 3. The molecule has 37 heavy (non-hydrogen) atoms. The van der Waals surface area contributed by atoms with Gasteiger partial charge < -0.3 is 9.47 Å². The maximum atomic E-state index is 13.1. The molecule has 0 saturated carbocycles. The minimum atomic E-state index is -4.99. The Morgan fingerprint density at radius 2 is 1.70 bits per heavy atom.